The van der Waals surface area contributed by atoms with Crippen LogP contribution in [0, 0.1) is 5.92 Å². The SMILES string of the molecule is CCCCCCCCCCCCCCCCCCCCCCCCC(=O)OC[C@H](COP(=O)(O)OC[C@@H](O)COP(=O)(O)OC[C@@H](COC(=O)CCCCCCCCCCCCCC)OC(=O)CCCCCCCCCCCCCCCCC(C)C)OC(=O)CCCCCCCCCCCCCCCCCCCCCCCC. The van der Waals surface area contributed by atoms with Gasteiger partial charge in [0.2, 0.25) is 0 Å². The van der Waals surface area contributed by atoms with Gasteiger partial charge in [-0.15, -0.1) is 0 Å². The van der Waals surface area contributed by atoms with Crippen LogP contribution in [0.5, 0.6) is 0 Å². The minimum atomic E-state index is -4.97. The normalized spacial score (nSPS) is 13.6. The summed E-state index contributed by atoms with van der Waals surface area (Å²) in [6.07, 6.45) is 83.5. The Kier molecular flexibility index (Phi) is 85.0. The maximum atomic E-state index is 13.2. The molecule has 0 saturated heterocycles. The average Bonchev–Trinajstić information content (AvgIpc) is 0.896. The summed E-state index contributed by atoms with van der Waals surface area (Å²) in [6, 6.07) is 0. The van der Waals surface area contributed by atoms with Crippen LogP contribution in [0.4, 0.5) is 0 Å². The molecule has 2 unspecified atom stereocenters. The van der Waals surface area contributed by atoms with Crippen molar-refractivity contribution in [2.24, 2.45) is 5.92 Å². The summed E-state index contributed by atoms with van der Waals surface area (Å²) in [5, 5.41) is 10.7. The number of ether oxygens (including phenoxy) is 4. The van der Waals surface area contributed by atoms with E-state index in [-0.39, 0.29) is 25.7 Å². The Morgan fingerprint density at radius 1 is 0.239 bits per heavy atom. The quantitative estimate of drug-likeness (QED) is 0.0222. The molecule has 0 aliphatic rings. The molecule has 0 heterocycles. The Morgan fingerprint density at radius 2 is 0.407 bits per heavy atom. The first-order chi connectivity index (χ1) is 55.0. The molecule has 19 heteroatoms. The maximum Gasteiger partial charge on any atom is 0.472 e. The standard InChI is InChI=1S/C94H184O17P2/c1-6-9-12-15-18-21-24-27-29-31-33-35-37-39-41-43-48-53-58-63-68-73-78-92(97)105-84-90(111-93(98)79-74-69-64-59-54-49-44-42-40-38-36-34-32-30-28-25-22-19-16-13-10-7-2)86-109-113(102,103)107-82-88(95)81-106-112(100,101)108-85-89(83-104-91(96)77-72-67-62-57-52-26-23-20-17-14-11-8-3)110-94(99)80-75-70-65-60-55-50-46-45-47-51-56-61-66-71-76-87(4)5/h87-90,95H,6-86H2,1-5H3,(H,100,101)(H,102,103)/t88-,89+,90+/m0/s1. The Hall–Kier alpha value is -1.94. The molecule has 0 aromatic heterocycles. The molecule has 0 aromatic rings. The van der Waals surface area contributed by atoms with E-state index in [9.17, 15) is 43.2 Å². The van der Waals surface area contributed by atoms with Gasteiger partial charge < -0.3 is 33.8 Å². The smallest absolute Gasteiger partial charge is 0.462 e. The first-order valence-electron chi connectivity index (χ1n) is 48.6. The van der Waals surface area contributed by atoms with E-state index in [1.807, 2.05) is 0 Å². The van der Waals surface area contributed by atoms with Crippen LogP contribution in [0.25, 0.3) is 0 Å². The van der Waals surface area contributed by atoms with Crippen LogP contribution in [0.1, 0.15) is 516 Å². The van der Waals surface area contributed by atoms with E-state index >= 15 is 0 Å². The highest BCUT2D eigenvalue weighted by Gasteiger charge is 2.31. The van der Waals surface area contributed by atoms with Crippen molar-refractivity contribution in [1.29, 1.82) is 0 Å². The lowest BCUT2D eigenvalue weighted by molar-refractivity contribution is -0.161. The summed E-state index contributed by atoms with van der Waals surface area (Å²) in [5.41, 5.74) is 0. The first kappa shape index (κ1) is 111. The van der Waals surface area contributed by atoms with E-state index in [4.69, 9.17) is 37.0 Å². The van der Waals surface area contributed by atoms with Gasteiger partial charge in [-0.2, -0.15) is 0 Å². The zero-order chi connectivity index (χ0) is 82.6. The van der Waals surface area contributed by atoms with Gasteiger partial charge in [0, 0.05) is 25.7 Å². The van der Waals surface area contributed by atoms with E-state index in [0.717, 1.165) is 95.8 Å². The molecular weight excluding hydrogens is 1460 g/mol. The first-order valence-corrected chi connectivity index (χ1v) is 51.6. The van der Waals surface area contributed by atoms with Crippen molar-refractivity contribution in [2.45, 2.75) is 534 Å². The zero-order valence-electron chi connectivity index (χ0n) is 74.5. The molecule has 3 N–H and O–H groups in total. The van der Waals surface area contributed by atoms with Crippen molar-refractivity contribution in [3.8, 4) is 0 Å². The van der Waals surface area contributed by atoms with Gasteiger partial charge in [0.15, 0.2) is 12.2 Å². The van der Waals surface area contributed by atoms with Gasteiger partial charge in [0.25, 0.3) is 0 Å². The fourth-order valence-corrected chi connectivity index (χ4v) is 16.5. The number of aliphatic hydroxyl groups excluding tert-OH is 1. The maximum absolute atomic E-state index is 13.2. The number of carbonyl (C=O) groups excluding carboxylic acids is 4. The molecule has 17 nitrogen and oxygen atoms in total. The van der Waals surface area contributed by atoms with Crippen LogP contribution in [0.2, 0.25) is 0 Å². The molecule has 0 bridgehead atoms. The van der Waals surface area contributed by atoms with E-state index in [1.165, 1.54) is 340 Å². The Balaban J connectivity index is 5.23. The van der Waals surface area contributed by atoms with Crippen molar-refractivity contribution in [1.82, 2.24) is 0 Å². The Bertz CT molecular complexity index is 2140. The number of unbranched alkanes of at least 4 members (excludes halogenated alkanes) is 66. The number of phosphoric acid groups is 2. The summed E-state index contributed by atoms with van der Waals surface area (Å²) in [5.74, 6) is -1.30. The molecule has 0 aliphatic heterocycles. The minimum absolute atomic E-state index is 0.109. The number of aliphatic hydroxyl groups is 1. The van der Waals surface area contributed by atoms with Crippen molar-refractivity contribution in [2.75, 3.05) is 39.6 Å². The highest BCUT2D eigenvalue weighted by atomic mass is 31.2. The predicted molar refractivity (Wildman–Crippen MR) is 469 cm³/mol. The molecule has 0 aromatic carbocycles. The monoisotopic (exact) mass is 1650 g/mol. The van der Waals surface area contributed by atoms with Crippen LogP contribution >= 0.6 is 15.6 Å². The molecule has 0 aliphatic carbocycles. The summed E-state index contributed by atoms with van der Waals surface area (Å²) in [7, 11) is -9.94. The fourth-order valence-electron chi connectivity index (χ4n) is 14.9. The fraction of sp³-hybridized carbons (Fsp3) is 0.957. The second-order valence-electron chi connectivity index (χ2n) is 34.2. The van der Waals surface area contributed by atoms with E-state index in [2.05, 4.69) is 34.6 Å². The highest BCUT2D eigenvalue weighted by Crippen LogP contribution is 2.45. The molecule has 0 radical (unpaired) electrons. The lowest BCUT2D eigenvalue weighted by atomic mass is 10.0. The van der Waals surface area contributed by atoms with E-state index in [0.29, 0.717) is 25.7 Å². The van der Waals surface area contributed by atoms with Crippen LogP contribution in [-0.4, -0.2) is 96.7 Å². The summed E-state index contributed by atoms with van der Waals surface area (Å²) in [4.78, 5) is 73.5. The molecule has 0 amide bonds. The third-order valence-corrected chi connectivity index (χ3v) is 24.2. The third kappa shape index (κ3) is 87.7. The van der Waals surface area contributed by atoms with Crippen molar-refractivity contribution < 1.29 is 80.2 Å². The molecular formula is C94H184O17P2. The Morgan fingerprint density at radius 3 is 0.602 bits per heavy atom. The van der Waals surface area contributed by atoms with Gasteiger partial charge in [-0.25, -0.2) is 9.13 Å². The molecule has 0 spiro atoms. The van der Waals surface area contributed by atoms with Gasteiger partial charge in [-0.05, 0) is 31.6 Å². The van der Waals surface area contributed by atoms with Gasteiger partial charge in [-0.3, -0.25) is 37.3 Å². The molecule has 0 saturated carbocycles. The lowest BCUT2D eigenvalue weighted by Gasteiger charge is -2.21. The van der Waals surface area contributed by atoms with E-state index < -0.39 is 97.5 Å². The zero-order valence-corrected chi connectivity index (χ0v) is 76.3. The van der Waals surface area contributed by atoms with Crippen LogP contribution in [0.3, 0.4) is 0 Å². The highest BCUT2D eigenvalue weighted by molar-refractivity contribution is 7.47. The van der Waals surface area contributed by atoms with Gasteiger partial charge in [0.1, 0.15) is 19.3 Å². The van der Waals surface area contributed by atoms with Crippen molar-refractivity contribution >= 4 is 39.5 Å². The third-order valence-electron chi connectivity index (χ3n) is 22.3. The van der Waals surface area contributed by atoms with Crippen molar-refractivity contribution in [3.05, 3.63) is 0 Å². The number of hydrogen-bond donors (Lipinski definition) is 3. The van der Waals surface area contributed by atoms with Crippen LogP contribution in [-0.2, 0) is 65.4 Å². The number of carbonyl (C=O) groups is 4. The molecule has 672 valence electrons. The largest absolute Gasteiger partial charge is 0.472 e. The second kappa shape index (κ2) is 86.4. The topological polar surface area (TPSA) is 237 Å². The lowest BCUT2D eigenvalue weighted by Crippen LogP contribution is -2.30. The minimum Gasteiger partial charge on any atom is -0.462 e. The molecule has 5 atom stereocenters. The van der Waals surface area contributed by atoms with Gasteiger partial charge in [-0.1, -0.05) is 465 Å². The number of esters is 4. The van der Waals surface area contributed by atoms with Gasteiger partial charge >= 0.3 is 39.5 Å². The number of hydrogen-bond acceptors (Lipinski definition) is 15. The van der Waals surface area contributed by atoms with Crippen molar-refractivity contribution in [3.63, 3.8) is 0 Å². The molecule has 0 fully saturated rings. The average molecular weight is 1650 g/mol. The second-order valence-corrected chi connectivity index (χ2v) is 37.1. The summed E-state index contributed by atoms with van der Waals surface area (Å²) < 4.78 is 69.2. The Labute approximate surface area is 696 Å². The van der Waals surface area contributed by atoms with Crippen LogP contribution in [0.15, 0.2) is 0 Å². The molecule has 113 heavy (non-hydrogen) atoms. The molecule has 0 rings (SSSR count). The van der Waals surface area contributed by atoms with E-state index in [1.54, 1.807) is 0 Å². The van der Waals surface area contributed by atoms with Gasteiger partial charge in [0.05, 0.1) is 26.4 Å². The predicted octanol–water partition coefficient (Wildman–Crippen LogP) is 29.5. The summed E-state index contributed by atoms with van der Waals surface area (Å²) >= 11 is 0. The number of rotatable bonds is 94. The number of phosphoric ester groups is 2. The summed E-state index contributed by atoms with van der Waals surface area (Å²) in [6.45, 7) is 7.43. The van der Waals surface area contributed by atoms with Crippen LogP contribution < -0.4 is 0 Å².